The molecule has 2 aromatic rings. The van der Waals surface area contributed by atoms with E-state index in [1.807, 2.05) is 18.1 Å². The van der Waals surface area contributed by atoms with Gasteiger partial charge in [-0.3, -0.25) is 9.52 Å². The number of allylic oxidation sites excluding steroid dienone is 1. The van der Waals surface area contributed by atoms with Crippen LogP contribution in [0.5, 0.6) is 0 Å². The Bertz CT molecular complexity index is 881. The molecule has 142 valence electrons. The summed E-state index contributed by atoms with van der Waals surface area (Å²) in [5, 5.41) is 4.14. The third-order valence-corrected chi connectivity index (χ3v) is 6.89. The van der Waals surface area contributed by atoms with Crippen LogP contribution >= 0.6 is 11.9 Å². The van der Waals surface area contributed by atoms with Gasteiger partial charge < -0.3 is 10.3 Å². The summed E-state index contributed by atoms with van der Waals surface area (Å²) in [5.74, 6) is 3.17. The number of fused-ring (bicyclic) bond motifs is 1. The maximum Gasteiger partial charge on any atom is 0.228 e. The van der Waals surface area contributed by atoms with Gasteiger partial charge in [0, 0.05) is 29.3 Å². The monoisotopic (exact) mass is 382 g/mol. The summed E-state index contributed by atoms with van der Waals surface area (Å²) in [4.78, 5) is 19.9. The van der Waals surface area contributed by atoms with Crippen molar-refractivity contribution >= 4 is 40.3 Å². The van der Waals surface area contributed by atoms with E-state index in [-0.39, 0.29) is 11.8 Å². The number of pyridine rings is 1. The number of carbonyl (C=O) groups excluding carboxylic acids is 1. The van der Waals surface area contributed by atoms with Crippen molar-refractivity contribution in [3.63, 3.8) is 0 Å². The zero-order chi connectivity index (χ0) is 18.2. The van der Waals surface area contributed by atoms with Crippen molar-refractivity contribution in [3.8, 4) is 0 Å². The van der Waals surface area contributed by atoms with Crippen LogP contribution in [0.2, 0.25) is 0 Å². The number of carbonyl (C=O) groups is 1. The molecule has 5 rings (SSSR count). The number of hydrogen-bond acceptors (Lipinski definition) is 4. The molecule has 1 amide bonds. The minimum Gasteiger partial charge on any atom is -0.346 e. The topological polar surface area (TPSA) is 69.8 Å². The smallest absolute Gasteiger partial charge is 0.228 e. The highest BCUT2D eigenvalue weighted by atomic mass is 32.2. The van der Waals surface area contributed by atoms with Crippen molar-refractivity contribution in [2.24, 2.45) is 11.8 Å². The van der Waals surface area contributed by atoms with Crippen molar-refractivity contribution in [2.75, 3.05) is 11.1 Å². The SMILES string of the molecule is O=C(Nc1cc(C2=CCC(NSCC3CC3)CC2)c2cc[nH]c2n1)C1CC1. The first-order valence-corrected chi connectivity index (χ1v) is 11.1. The Labute approximate surface area is 163 Å². The van der Waals surface area contributed by atoms with Crippen molar-refractivity contribution in [2.45, 2.75) is 51.0 Å². The van der Waals surface area contributed by atoms with Crippen LogP contribution in [0.4, 0.5) is 5.82 Å². The number of anilines is 1. The van der Waals surface area contributed by atoms with Gasteiger partial charge >= 0.3 is 0 Å². The van der Waals surface area contributed by atoms with Gasteiger partial charge in [0.25, 0.3) is 0 Å². The fraction of sp³-hybridized carbons (Fsp3) is 0.524. The van der Waals surface area contributed by atoms with E-state index in [4.69, 9.17) is 0 Å². The molecule has 1 unspecified atom stereocenters. The summed E-state index contributed by atoms with van der Waals surface area (Å²) in [7, 11) is 0. The predicted octanol–water partition coefficient (Wildman–Crippen LogP) is 4.50. The molecule has 3 aliphatic carbocycles. The van der Waals surface area contributed by atoms with E-state index < -0.39 is 0 Å². The molecule has 0 aliphatic heterocycles. The highest BCUT2D eigenvalue weighted by Crippen LogP contribution is 2.35. The second-order valence-corrected chi connectivity index (χ2v) is 8.99. The van der Waals surface area contributed by atoms with Crippen molar-refractivity contribution in [1.82, 2.24) is 14.7 Å². The van der Waals surface area contributed by atoms with E-state index in [1.165, 1.54) is 29.7 Å². The van der Waals surface area contributed by atoms with Crippen LogP contribution in [0.15, 0.2) is 24.4 Å². The average molecular weight is 383 g/mol. The number of aromatic amines is 1. The molecular weight excluding hydrogens is 356 g/mol. The van der Waals surface area contributed by atoms with Gasteiger partial charge in [-0.2, -0.15) is 0 Å². The maximum absolute atomic E-state index is 12.1. The first-order valence-electron chi connectivity index (χ1n) is 10.1. The van der Waals surface area contributed by atoms with Crippen LogP contribution in [-0.2, 0) is 4.79 Å². The molecule has 0 radical (unpaired) electrons. The number of nitrogens with one attached hydrogen (secondary N) is 3. The molecule has 6 heteroatoms. The van der Waals surface area contributed by atoms with Crippen molar-refractivity contribution < 1.29 is 4.79 Å². The molecule has 27 heavy (non-hydrogen) atoms. The van der Waals surface area contributed by atoms with E-state index >= 15 is 0 Å². The van der Waals surface area contributed by atoms with Crippen LogP contribution in [0.1, 0.15) is 50.5 Å². The summed E-state index contributed by atoms with van der Waals surface area (Å²) in [6.45, 7) is 0. The average Bonchev–Trinajstić information content (AvgIpc) is 3.60. The zero-order valence-corrected chi connectivity index (χ0v) is 16.3. The van der Waals surface area contributed by atoms with Crippen molar-refractivity contribution in [3.05, 3.63) is 30.0 Å². The lowest BCUT2D eigenvalue weighted by atomic mass is 9.90. The summed E-state index contributed by atoms with van der Waals surface area (Å²) in [6.07, 6.45) is 12.4. The molecule has 2 saturated carbocycles. The second-order valence-electron chi connectivity index (χ2n) is 8.13. The van der Waals surface area contributed by atoms with Gasteiger partial charge in [-0.15, -0.1) is 0 Å². The van der Waals surface area contributed by atoms with E-state index in [0.717, 1.165) is 49.1 Å². The summed E-state index contributed by atoms with van der Waals surface area (Å²) >= 11 is 1.91. The van der Waals surface area contributed by atoms with Gasteiger partial charge in [-0.1, -0.05) is 18.0 Å². The van der Waals surface area contributed by atoms with Crippen LogP contribution in [0.25, 0.3) is 16.6 Å². The fourth-order valence-electron chi connectivity index (χ4n) is 3.70. The zero-order valence-electron chi connectivity index (χ0n) is 15.5. The van der Waals surface area contributed by atoms with Gasteiger partial charge in [0.05, 0.1) is 0 Å². The van der Waals surface area contributed by atoms with Gasteiger partial charge in [0.15, 0.2) is 0 Å². The highest BCUT2D eigenvalue weighted by molar-refractivity contribution is 7.97. The van der Waals surface area contributed by atoms with Crippen LogP contribution < -0.4 is 10.0 Å². The van der Waals surface area contributed by atoms with Gasteiger partial charge in [0.2, 0.25) is 5.91 Å². The molecule has 2 aromatic heterocycles. The molecule has 3 aliphatic rings. The molecule has 5 nitrogen and oxygen atoms in total. The Kier molecular flexibility index (Phi) is 4.70. The first kappa shape index (κ1) is 17.3. The van der Waals surface area contributed by atoms with Gasteiger partial charge in [-0.25, -0.2) is 4.98 Å². The summed E-state index contributed by atoms with van der Waals surface area (Å²) in [6, 6.07) is 4.70. The van der Waals surface area contributed by atoms with E-state index in [9.17, 15) is 4.79 Å². The van der Waals surface area contributed by atoms with E-state index in [2.05, 4.69) is 38.2 Å². The molecule has 0 bridgehead atoms. The minimum absolute atomic E-state index is 0.105. The number of aromatic nitrogens is 2. The molecule has 2 heterocycles. The van der Waals surface area contributed by atoms with Gasteiger partial charge in [-0.05, 0) is 74.1 Å². The minimum atomic E-state index is 0.105. The predicted molar refractivity (Wildman–Crippen MR) is 111 cm³/mol. The number of hydrogen-bond donors (Lipinski definition) is 3. The lowest BCUT2D eigenvalue weighted by molar-refractivity contribution is -0.117. The Hall–Kier alpha value is -1.79. The molecule has 0 spiro atoms. The third kappa shape index (κ3) is 4.06. The second kappa shape index (κ2) is 7.32. The molecular formula is C21H26N4OS. The van der Waals surface area contributed by atoms with Crippen LogP contribution in [0, 0.1) is 11.8 Å². The summed E-state index contributed by atoms with van der Waals surface area (Å²) < 4.78 is 3.65. The normalized spacial score (nSPS) is 22.7. The number of nitrogens with zero attached hydrogens (tertiary/aromatic N) is 1. The van der Waals surface area contributed by atoms with Gasteiger partial charge in [0.1, 0.15) is 11.5 Å². The first-order chi connectivity index (χ1) is 13.3. The molecule has 0 saturated heterocycles. The fourth-order valence-corrected chi connectivity index (χ4v) is 4.81. The number of amides is 1. The Morgan fingerprint density at radius 3 is 2.89 bits per heavy atom. The highest BCUT2D eigenvalue weighted by Gasteiger charge is 2.30. The maximum atomic E-state index is 12.1. The van der Waals surface area contributed by atoms with E-state index in [1.54, 1.807) is 0 Å². The Morgan fingerprint density at radius 1 is 1.26 bits per heavy atom. The number of rotatable bonds is 7. The molecule has 2 fully saturated rings. The van der Waals surface area contributed by atoms with Crippen molar-refractivity contribution in [1.29, 1.82) is 0 Å². The standard InChI is InChI=1S/C21H26N4OS/c26-21(15-3-4-15)24-19-11-18(17-9-10-22-20(17)23-19)14-5-7-16(8-6-14)25-27-12-13-1-2-13/h5,9-11,13,15-16,25H,1-4,6-8,12H2,(H2,22,23,24,26). The summed E-state index contributed by atoms with van der Waals surface area (Å²) in [5.41, 5.74) is 3.42. The Balaban J connectivity index is 1.31. The van der Waals surface area contributed by atoms with Crippen LogP contribution in [-0.4, -0.2) is 27.7 Å². The quantitative estimate of drug-likeness (QED) is 0.617. The molecule has 3 N–H and O–H groups in total. The number of H-pyrrole nitrogens is 1. The van der Waals surface area contributed by atoms with E-state index in [0.29, 0.717) is 11.9 Å². The molecule has 0 aromatic carbocycles. The largest absolute Gasteiger partial charge is 0.346 e. The lowest BCUT2D eigenvalue weighted by Crippen LogP contribution is -2.25. The lowest BCUT2D eigenvalue weighted by Gasteiger charge is -2.23. The third-order valence-electron chi connectivity index (χ3n) is 5.75. The Morgan fingerprint density at radius 2 is 2.15 bits per heavy atom. The molecule has 1 atom stereocenters. The van der Waals surface area contributed by atoms with Crippen LogP contribution in [0.3, 0.4) is 0 Å².